The molecule has 1 aliphatic rings. The van der Waals surface area contributed by atoms with E-state index >= 15 is 0 Å². The molecule has 2 rings (SSSR count). The summed E-state index contributed by atoms with van der Waals surface area (Å²) in [6.07, 6.45) is 0.0433. The number of benzene rings is 1. The Bertz CT molecular complexity index is 661. The number of fused-ring (bicyclic) bond motifs is 1. The molecule has 0 aliphatic carbocycles. The summed E-state index contributed by atoms with van der Waals surface area (Å²) in [4.78, 5) is 37.4. The Labute approximate surface area is 147 Å². The lowest BCUT2D eigenvalue weighted by molar-refractivity contribution is -0.143. The normalized spacial score (nSPS) is 18.8. The van der Waals surface area contributed by atoms with Gasteiger partial charge in [-0.25, -0.2) is 4.79 Å². The summed E-state index contributed by atoms with van der Waals surface area (Å²) in [6, 6.07) is 6.21. The maximum Gasteiger partial charge on any atom is 0.326 e. The molecule has 7 nitrogen and oxygen atoms in total. The lowest BCUT2D eigenvalue weighted by Crippen LogP contribution is -2.48. The van der Waals surface area contributed by atoms with Crippen LogP contribution in [0.2, 0.25) is 0 Å². The van der Waals surface area contributed by atoms with Crippen LogP contribution >= 0.6 is 0 Å². The topological polar surface area (TPSA) is 95.9 Å². The van der Waals surface area contributed by atoms with Crippen molar-refractivity contribution in [3.63, 3.8) is 0 Å². The number of rotatable bonds is 7. The molecule has 3 atom stereocenters. The molecule has 1 aliphatic heterocycles. The first kappa shape index (κ1) is 18.8. The number of carboxylic acid groups (broad SMARTS) is 1. The standard InChI is InChI=1S/C18H24N2O5/c1-4-11(2)16(18(23)24)19-15(21)9-10-20-13-7-5-6-8-14(13)25-12(3)17(20)22/h5-8,11-12,16H,4,9-10H2,1-3H3,(H,19,21)(H,23,24)/t11-,12+,16+/m0/s1. The monoisotopic (exact) mass is 348 g/mol. The van der Waals surface area contributed by atoms with Crippen molar-refractivity contribution >= 4 is 23.5 Å². The van der Waals surface area contributed by atoms with Crippen molar-refractivity contribution in [2.24, 2.45) is 5.92 Å². The Morgan fingerprint density at radius 3 is 2.68 bits per heavy atom. The molecule has 2 amide bonds. The Kier molecular flexibility index (Phi) is 6.01. The minimum absolute atomic E-state index is 0.0208. The van der Waals surface area contributed by atoms with Gasteiger partial charge in [-0.2, -0.15) is 0 Å². The fourth-order valence-corrected chi connectivity index (χ4v) is 2.73. The number of carbonyl (C=O) groups excluding carboxylic acids is 2. The molecule has 136 valence electrons. The highest BCUT2D eigenvalue weighted by atomic mass is 16.5. The highest BCUT2D eigenvalue weighted by Crippen LogP contribution is 2.33. The summed E-state index contributed by atoms with van der Waals surface area (Å²) < 4.78 is 5.55. The summed E-state index contributed by atoms with van der Waals surface area (Å²) in [5, 5.41) is 11.8. The van der Waals surface area contributed by atoms with Crippen LogP contribution in [0.4, 0.5) is 5.69 Å². The van der Waals surface area contributed by atoms with Gasteiger partial charge in [-0.3, -0.25) is 9.59 Å². The number of hydrogen-bond acceptors (Lipinski definition) is 4. The van der Waals surface area contributed by atoms with E-state index in [1.165, 1.54) is 4.90 Å². The number of carboxylic acids is 1. The second kappa shape index (κ2) is 8.00. The molecule has 1 aromatic carbocycles. The number of aliphatic carboxylic acids is 1. The zero-order chi connectivity index (χ0) is 18.6. The van der Waals surface area contributed by atoms with Crippen molar-refractivity contribution in [1.82, 2.24) is 5.32 Å². The van der Waals surface area contributed by atoms with Crippen LogP contribution in [0.25, 0.3) is 0 Å². The Morgan fingerprint density at radius 1 is 1.36 bits per heavy atom. The van der Waals surface area contributed by atoms with Gasteiger partial charge in [-0.1, -0.05) is 32.4 Å². The molecule has 0 fully saturated rings. The van der Waals surface area contributed by atoms with Crippen LogP contribution in [0.15, 0.2) is 24.3 Å². The Balaban J connectivity index is 2.03. The van der Waals surface area contributed by atoms with Gasteiger partial charge in [-0.15, -0.1) is 0 Å². The van der Waals surface area contributed by atoms with Crippen molar-refractivity contribution in [3.8, 4) is 5.75 Å². The molecule has 0 saturated heterocycles. The van der Waals surface area contributed by atoms with Gasteiger partial charge in [0.1, 0.15) is 11.8 Å². The second-order valence-electron chi connectivity index (χ2n) is 6.24. The maximum absolute atomic E-state index is 12.4. The van der Waals surface area contributed by atoms with E-state index in [0.29, 0.717) is 17.9 Å². The van der Waals surface area contributed by atoms with Gasteiger partial charge < -0.3 is 20.1 Å². The minimum Gasteiger partial charge on any atom is -0.480 e. The second-order valence-corrected chi connectivity index (χ2v) is 6.24. The number of nitrogens with zero attached hydrogens (tertiary/aromatic N) is 1. The predicted molar refractivity (Wildman–Crippen MR) is 92.5 cm³/mol. The van der Waals surface area contributed by atoms with Crippen molar-refractivity contribution in [1.29, 1.82) is 0 Å². The first-order valence-corrected chi connectivity index (χ1v) is 8.44. The van der Waals surface area contributed by atoms with E-state index in [4.69, 9.17) is 4.74 Å². The molecule has 7 heteroatoms. The molecule has 0 spiro atoms. The lowest BCUT2D eigenvalue weighted by Gasteiger charge is -2.33. The highest BCUT2D eigenvalue weighted by Gasteiger charge is 2.32. The molecule has 1 aromatic rings. The fourth-order valence-electron chi connectivity index (χ4n) is 2.73. The third-order valence-corrected chi connectivity index (χ3v) is 4.43. The number of para-hydroxylation sites is 2. The number of carbonyl (C=O) groups is 3. The van der Waals surface area contributed by atoms with Gasteiger partial charge in [0, 0.05) is 13.0 Å². The molecule has 0 saturated carbocycles. The SMILES string of the molecule is CC[C@H](C)[C@@H](NC(=O)CCN1C(=O)[C@@H](C)Oc2ccccc21)C(=O)O. The van der Waals surface area contributed by atoms with Crippen LogP contribution in [-0.4, -0.2) is 41.6 Å². The summed E-state index contributed by atoms with van der Waals surface area (Å²) in [6.45, 7) is 5.48. The van der Waals surface area contributed by atoms with Crippen LogP contribution in [0.5, 0.6) is 5.75 Å². The summed E-state index contributed by atoms with van der Waals surface area (Å²) in [7, 11) is 0. The Morgan fingerprint density at radius 2 is 2.04 bits per heavy atom. The number of anilines is 1. The van der Waals surface area contributed by atoms with E-state index in [9.17, 15) is 19.5 Å². The number of hydrogen-bond donors (Lipinski definition) is 2. The molecule has 0 radical (unpaired) electrons. The third kappa shape index (κ3) is 4.29. The van der Waals surface area contributed by atoms with Gasteiger partial charge in [0.15, 0.2) is 6.10 Å². The van der Waals surface area contributed by atoms with Crippen LogP contribution in [0, 0.1) is 5.92 Å². The van der Waals surface area contributed by atoms with Crippen LogP contribution < -0.4 is 15.0 Å². The average molecular weight is 348 g/mol. The third-order valence-electron chi connectivity index (χ3n) is 4.43. The van der Waals surface area contributed by atoms with E-state index in [1.54, 1.807) is 32.0 Å². The van der Waals surface area contributed by atoms with Crippen molar-refractivity contribution in [2.45, 2.75) is 45.8 Å². The van der Waals surface area contributed by atoms with E-state index in [2.05, 4.69) is 5.32 Å². The van der Waals surface area contributed by atoms with Gasteiger partial charge >= 0.3 is 5.97 Å². The summed E-state index contributed by atoms with van der Waals surface area (Å²) >= 11 is 0. The maximum atomic E-state index is 12.4. The Hall–Kier alpha value is -2.57. The summed E-state index contributed by atoms with van der Waals surface area (Å²) in [5.74, 6) is -1.24. The first-order valence-electron chi connectivity index (χ1n) is 8.44. The molecule has 2 N–H and O–H groups in total. The molecule has 0 aromatic heterocycles. The number of amides is 2. The number of nitrogens with one attached hydrogen (secondary N) is 1. The van der Waals surface area contributed by atoms with E-state index in [1.807, 2.05) is 13.0 Å². The molecule has 0 bridgehead atoms. The van der Waals surface area contributed by atoms with Gasteiger partial charge in [0.25, 0.3) is 5.91 Å². The fraction of sp³-hybridized carbons (Fsp3) is 0.500. The van der Waals surface area contributed by atoms with E-state index in [0.717, 1.165) is 0 Å². The molecule has 0 unspecified atom stereocenters. The average Bonchev–Trinajstić information content (AvgIpc) is 2.59. The van der Waals surface area contributed by atoms with Crippen LogP contribution in [-0.2, 0) is 14.4 Å². The largest absolute Gasteiger partial charge is 0.480 e. The smallest absolute Gasteiger partial charge is 0.326 e. The summed E-state index contributed by atoms with van der Waals surface area (Å²) in [5.41, 5.74) is 0.620. The zero-order valence-electron chi connectivity index (χ0n) is 14.7. The van der Waals surface area contributed by atoms with Crippen molar-refractivity contribution in [3.05, 3.63) is 24.3 Å². The van der Waals surface area contributed by atoms with Crippen molar-refractivity contribution in [2.75, 3.05) is 11.4 Å². The molecular weight excluding hydrogens is 324 g/mol. The lowest BCUT2D eigenvalue weighted by atomic mass is 9.99. The minimum atomic E-state index is -1.05. The van der Waals surface area contributed by atoms with Crippen LogP contribution in [0.1, 0.15) is 33.6 Å². The molecular formula is C18H24N2O5. The van der Waals surface area contributed by atoms with Gasteiger partial charge in [0.05, 0.1) is 5.69 Å². The van der Waals surface area contributed by atoms with E-state index < -0.39 is 24.0 Å². The highest BCUT2D eigenvalue weighted by molar-refractivity contribution is 6.00. The quantitative estimate of drug-likeness (QED) is 0.783. The molecule has 1 heterocycles. The molecule has 25 heavy (non-hydrogen) atoms. The number of ether oxygens (including phenoxy) is 1. The zero-order valence-corrected chi connectivity index (χ0v) is 14.7. The first-order chi connectivity index (χ1) is 11.8. The van der Waals surface area contributed by atoms with Gasteiger partial charge in [-0.05, 0) is 25.0 Å². The van der Waals surface area contributed by atoms with E-state index in [-0.39, 0.29) is 24.8 Å². The van der Waals surface area contributed by atoms with Crippen molar-refractivity contribution < 1.29 is 24.2 Å². The van der Waals surface area contributed by atoms with Gasteiger partial charge in [0.2, 0.25) is 5.91 Å². The predicted octanol–water partition coefficient (Wildman–Crippen LogP) is 1.81. The van der Waals surface area contributed by atoms with Crippen LogP contribution in [0.3, 0.4) is 0 Å².